The van der Waals surface area contributed by atoms with Gasteiger partial charge in [0.05, 0.1) is 0 Å². The van der Waals surface area contributed by atoms with Gasteiger partial charge in [0.2, 0.25) is 0 Å². The zero-order chi connectivity index (χ0) is 6.20. The van der Waals surface area contributed by atoms with Crippen molar-refractivity contribution in [2.24, 2.45) is 0 Å². The molecule has 8 heavy (non-hydrogen) atoms. The van der Waals surface area contributed by atoms with Crippen LogP contribution in [0.1, 0.15) is 12.8 Å². The molecule has 0 aromatic carbocycles. The Hall–Kier alpha value is -0.180. The predicted molar refractivity (Wildman–Crippen MR) is 34.6 cm³/mol. The molecule has 0 amide bonds. The Morgan fingerprint density at radius 1 is 1.62 bits per heavy atom. The molecule has 48 valence electrons. The first-order valence-electron chi connectivity index (χ1n) is 2.73. The molecule has 0 spiro atoms. The van der Waals surface area contributed by atoms with E-state index in [9.17, 15) is 9.00 Å². The molecule has 1 aliphatic heterocycles. The first kappa shape index (κ1) is 5.95. The molecule has 0 N–H and O–H groups in total. The van der Waals surface area contributed by atoms with E-state index in [1.807, 2.05) is 0 Å². The van der Waals surface area contributed by atoms with Gasteiger partial charge in [0.1, 0.15) is 0 Å². The average molecular weight is 134 g/mol. The molecule has 0 saturated carbocycles. The van der Waals surface area contributed by atoms with Crippen molar-refractivity contribution in [1.29, 1.82) is 0 Å². The van der Waals surface area contributed by atoms with Gasteiger partial charge in [0.15, 0.2) is 5.12 Å². The Morgan fingerprint density at radius 2 is 2.25 bits per heavy atom. The maximum absolute atomic E-state index is 11.0. The fourth-order valence-corrected chi connectivity index (χ4v) is 2.54. The predicted octanol–water partition coefficient (Wildman–Crippen LogP) is -0.0467. The van der Waals surface area contributed by atoms with Crippen molar-refractivity contribution in [3.8, 4) is 0 Å². The molecule has 1 heterocycles. The fourth-order valence-electron chi connectivity index (χ4n) is 0.893. The molecule has 0 radical (unpaired) electrons. The molecular formula is C5H10O2S. The van der Waals surface area contributed by atoms with Crippen LogP contribution in [0.25, 0.3) is 0 Å². The number of hydrogen-bond acceptors (Lipinski definition) is 2. The maximum Gasteiger partial charge on any atom is 0.195 e. The van der Waals surface area contributed by atoms with Crippen LogP contribution < -0.4 is 0 Å². The molecular weight excluding hydrogens is 124 g/mol. The maximum atomic E-state index is 11.0. The van der Waals surface area contributed by atoms with Crippen molar-refractivity contribution in [2.45, 2.75) is 12.8 Å². The monoisotopic (exact) mass is 134 g/mol. The lowest BCUT2D eigenvalue weighted by Crippen LogP contribution is -2.16. The zero-order valence-electron chi connectivity index (χ0n) is 4.89. The Bertz CT molecular complexity index is 162. The zero-order valence-corrected chi connectivity index (χ0v) is 5.78. The SMILES string of the molecule is C[SH]1(=O)CCCC1=O. The number of rotatable bonds is 0. The summed E-state index contributed by atoms with van der Waals surface area (Å²) in [4.78, 5) is 10.6. The molecule has 2 nitrogen and oxygen atoms in total. The quantitative estimate of drug-likeness (QED) is 0.471. The van der Waals surface area contributed by atoms with E-state index in [0.717, 1.165) is 6.42 Å². The highest BCUT2D eigenvalue weighted by Gasteiger charge is 2.24. The van der Waals surface area contributed by atoms with Crippen LogP contribution in [0.4, 0.5) is 0 Å². The van der Waals surface area contributed by atoms with Crippen LogP contribution in [-0.2, 0) is 14.7 Å². The van der Waals surface area contributed by atoms with Gasteiger partial charge in [-0.15, -0.1) is 0 Å². The second-order valence-electron chi connectivity index (χ2n) is 2.32. The van der Waals surface area contributed by atoms with E-state index in [1.165, 1.54) is 0 Å². The van der Waals surface area contributed by atoms with Crippen molar-refractivity contribution in [1.82, 2.24) is 0 Å². The lowest BCUT2D eigenvalue weighted by Gasteiger charge is -2.03. The Morgan fingerprint density at radius 3 is 2.38 bits per heavy atom. The molecule has 0 bridgehead atoms. The average Bonchev–Trinajstić information content (AvgIpc) is 1.86. The summed E-state index contributed by atoms with van der Waals surface area (Å²) in [6.07, 6.45) is 2.97. The van der Waals surface area contributed by atoms with E-state index in [0.29, 0.717) is 12.2 Å². The fraction of sp³-hybridized carbons (Fsp3) is 0.800. The smallest absolute Gasteiger partial charge is 0.195 e. The van der Waals surface area contributed by atoms with Gasteiger partial charge in [-0.1, -0.05) is 9.93 Å². The van der Waals surface area contributed by atoms with Crippen LogP contribution in [0.5, 0.6) is 0 Å². The van der Waals surface area contributed by atoms with Crippen molar-refractivity contribution >= 4 is 15.0 Å². The number of carbonyl (C=O) groups excluding carboxylic acids is 1. The van der Waals surface area contributed by atoms with Gasteiger partial charge < -0.3 is 0 Å². The van der Waals surface area contributed by atoms with E-state index in [2.05, 4.69) is 0 Å². The minimum atomic E-state index is -2.27. The van der Waals surface area contributed by atoms with Crippen molar-refractivity contribution in [2.75, 3.05) is 12.0 Å². The normalized spacial score (nSPS) is 30.4. The standard InChI is InChI=1S/C5H10O2S/c1-8(7)4-2-3-5(8)6/h8H,2-4H2,1H3. The van der Waals surface area contributed by atoms with Crippen molar-refractivity contribution < 1.29 is 9.00 Å². The summed E-state index contributed by atoms with van der Waals surface area (Å²) in [6, 6.07) is 0. The highest BCUT2D eigenvalue weighted by molar-refractivity contribution is 8.16. The molecule has 3 heteroatoms. The first-order chi connectivity index (χ1) is 3.63. The van der Waals surface area contributed by atoms with Gasteiger partial charge in [-0.3, -0.25) is 9.00 Å². The van der Waals surface area contributed by atoms with E-state index in [4.69, 9.17) is 0 Å². The molecule has 0 unspecified atom stereocenters. The third-order valence-electron chi connectivity index (χ3n) is 1.50. The molecule has 1 saturated heterocycles. The molecule has 1 rings (SSSR count). The second kappa shape index (κ2) is 1.65. The van der Waals surface area contributed by atoms with E-state index in [-0.39, 0.29) is 5.12 Å². The van der Waals surface area contributed by atoms with Gasteiger partial charge >= 0.3 is 0 Å². The third kappa shape index (κ3) is 0.823. The summed E-state index contributed by atoms with van der Waals surface area (Å²) in [7, 11) is -2.27. The van der Waals surface area contributed by atoms with Crippen molar-refractivity contribution in [3.63, 3.8) is 0 Å². The Balaban J connectivity index is 2.84. The lowest BCUT2D eigenvalue weighted by molar-refractivity contribution is -0.111. The van der Waals surface area contributed by atoms with Crippen LogP contribution in [0.2, 0.25) is 0 Å². The molecule has 1 fully saturated rings. The minimum absolute atomic E-state index is 0.00231. The van der Waals surface area contributed by atoms with Crippen LogP contribution in [-0.4, -0.2) is 21.3 Å². The van der Waals surface area contributed by atoms with Gasteiger partial charge in [-0.05, 0) is 12.7 Å². The second-order valence-corrected chi connectivity index (χ2v) is 5.47. The first-order valence-corrected chi connectivity index (χ1v) is 5.07. The van der Waals surface area contributed by atoms with Gasteiger partial charge in [0.25, 0.3) is 0 Å². The van der Waals surface area contributed by atoms with Gasteiger partial charge in [-0.25, -0.2) is 0 Å². The molecule has 1 aliphatic rings. The Kier molecular flexibility index (Phi) is 1.23. The summed E-state index contributed by atoms with van der Waals surface area (Å²) in [6.45, 7) is 0. The highest BCUT2D eigenvalue weighted by Crippen LogP contribution is 2.16. The Labute approximate surface area is 49.7 Å². The number of thiol groups is 1. The number of hydrogen-bond donors (Lipinski definition) is 1. The van der Waals surface area contributed by atoms with Crippen molar-refractivity contribution in [3.05, 3.63) is 0 Å². The summed E-state index contributed by atoms with van der Waals surface area (Å²) in [5.41, 5.74) is 0. The lowest BCUT2D eigenvalue weighted by atomic mass is 10.4. The topological polar surface area (TPSA) is 34.1 Å². The van der Waals surface area contributed by atoms with Crippen LogP contribution >= 0.6 is 0 Å². The van der Waals surface area contributed by atoms with E-state index < -0.39 is 9.93 Å². The van der Waals surface area contributed by atoms with E-state index in [1.54, 1.807) is 6.26 Å². The van der Waals surface area contributed by atoms with Crippen LogP contribution in [0.15, 0.2) is 0 Å². The largest absolute Gasteiger partial charge is 0.287 e. The number of carbonyl (C=O) groups is 1. The molecule has 0 atom stereocenters. The third-order valence-corrected chi connectivity index (χ3v) is 3.95. The summed E-state index contributed by atoms with van der Waals surface area (Å²) < 4.78 is 11.0. The van der Waals surface area contributed by atoms with Gasteiger partial charge in [0, 0.05) is 12.2 Å². The summed E-state index contributed by atoms with van der Waals surface area (Å²) in [5, 5.41) is -0.00231. The summed E-state index contributed by atoms with van der Waals surface area (Å²) in [5.74, 6) is 0.645. The van der Waals surface area contributed by atoms with E-state index >= 15 is 0 Å². The highest BCUT2D eigenvalue weighted by atomic mass is 32.2. The molecule has 0 aromatic rings. The van der Waals surface area contributed by atoms with Gasteiger partial charge in [-0.2, -0.15) is 0 Å². The molecule has 0 aromatic heterocycles. The van der Waals surface area contributed by atoms with Crippen LogP contribution in [0.3, 0.4) is 0 Å². The molecule has 0 aliphatic carbocycles. The summed E-state index contributed by atoms with van der Waals surface area (Å²) >= 11 is 0. The minimum Gasteiger partial charge on any atom is -0.287 e. The van der Waals surface area contributed by atoms with Crippen LogP contribution in [0, 0.1) is 0 Å².